The quantitative estimate of drug-likeness (QED) is 0.480. The van der Waals surface area contributed by atoms with E-state index in [0.717, 1.165) is 0 Å². The monoisotopic (exact) mass is 521 g/mol. The van der Waals surface area contributed by atoms with Crippen LogP contribution in [0.25, 0.3) is 0 Å². The molecular weight excluding hydrogens is 505 g/mol. The summed E-state index contributed by atoms with van der Waals surface area (Å²) >= 11 is 1.63. The number of carbonyl (C=O) groups is 2. The summed E-state index contributed by atoms with van der Waals surface area (Å²) in [5, 5.41) is 11.4. The molecule has 2 aromatic rings. The number of rotatable bonds is 6. The molecule has 1 heterocycles. The van der Waals surface area contributed by atoms with E-state index >= 15 is 0 Å². The summed E-state index contributed by atoms with van der Waals surface area (Å²) in [6, 6.07) is 1.55. The van der Waals surface area contributed by atoms with Crippen molar-refractivity contribution >= 4 is 50.6 Å². The average Bonchev–Trinajstić information content (AvgIpc) is 2.59. The molecule has 3 N–H and O–H groups in total. The Bertz CT molecular complexity index is 1040. The van der Waals surface area contributed by atoms with Crippen LogP contribution >= 0.6 is 22.6 Å². The van der Waals surface area contributed by atoms with Crippen molar-refractivity contribution < 1.29 is 27.9 Å². The van der Waals surface area contributed by atoms with Gasteiger partial charge in [0, 0.05) is 3.57 Å². The Balaban J connectivity index is 2.36. The van der Waals surface area contributed by atoms with Gasteiger partial charge in [-0.2, -0.15) is 15.0 Å². The van der Waals surface area contributed by atoms with Crippen LogP contribution < -0.4 is 14.8 Å². The summed E-state index contributed by atoms with van der Waals surface area (Å²) in [6.07, 6.45) is 0.317. The third-order valence-corrected chi connectivity index (χ3v) is 6.36. The molecule has 0 aliphatic carbocycles. The molecule has 11 nitrogen and oxygen atoms in total. The number of hydrogen-bond acceptors (Lipinski definition) is 8. The number of carboxylic acid groups (broad SMARTS) is 1. The lowest BCUT2D eigenvalue weighted by atomic mass is 10.1. The fraction of sp³-hybridized carbons (Fsp3) is 0.267. The fourth-order valence-corrected chi connectivity index (χ4v) is 5.16. The molecule has 13 heteroatoms. The van der Waals surface area contributed by atoms with Crippen molar-refractivity contribution in [3.63, 3.8) is 0 Å². The number of hydrogen-bond donors (Lipinski definition) is 3. The molecule has 0 bridgehead atoms. The fourth-order valence-electron chi connectivity index (χ4n) is 2.23. The SMILES string of the molecule is CCc1ccc(C(=O)O)c(I)c1S(=O)(=O)NC(=O)Nc1nc(C)nc(OC)n1. The zero-order valence-corrected chi connectivity index (χ0v) is 18.0. The number of amides is 2. The van der Waals surface area contributed by atoms with Crippen molar-refractivity contribution in [2.24, 2.45) is 0 Å². The van der Waals surface area contributed by atoms with Gasteiger partial charge in [0.25, 0.3) is 10.0 Å². The van der Waals surface area contributed by atoms with Crippen LogP contribution in [-0.2, 0) is 16.4 Å². The van der Waals surface area contributed by atoms with Crippen molar-refractivity contribution in [3.05, 3.63) is 32.7 Å². The van der Waals surface area contributed by atoms with Crippen molar-refractivity contribution in [2.75, 3.05) is 12.4 Å². The highest BCUT2D eigenvalue weighted by Gasteiger charge is 2.27. The summed E-state index contributed by atoms with van der Waals surface area (Å²) in [7, 11) is -3.04. The summed E-state index contributed by atoms with van der Waals surface area (Å²) < 4.78 is 32.2. The molecule has 0 saturated heterocycles. The minimum absolute atomic E-state index is 0.00225. The van der Waals surface area contributed by atoms with Gasteiger partial charge < -0.3 is 9.84 Å². The van der Waals surface area contributed by atoms with Crippen molar-refractivity contribution in [1.29, 1.82) is 0 Å². The van der Waals surface area contributed by atoms with Crippen LogP contribution in [0.3, 0.4) is 0 Å². The van der Waals surface area contributed by atoms with Crippen molar-refractivity contribution in [2.45, 2.75) is 25.2 Å². The van der Waals surface area contributed by atoms with Crippen molar-refractivity contribution in [3.8, 4) is 6.01 Å². The first-order valence-corrected chi connectivity index (χ1v) is 10.3. The third-order valence-electron chi connectivity index (χ3n) is 3.42. The topological polar surface area (TPSA) is 160 Å². The number of aromatic carboxylic acids is 1. The number of benzene rings is 1. The van der Waals surface area contributed by atoms with Gasteiger partial charge in [-0.15, -0.1) is 0 Å². The van der Waals surface area contributed by atoms with E-state index in [1.54, 1.807) is 29.5 Å². The minimum atomic E-state index is -4.37. The van der Waals surface area contributed by atoms with Gasteiger partial charge in [-0.1, -0.05) is 13.0 Å². The second-order valence-electron chi connectivity index (χ2n) is 5.33. The number of nitrogens with one attached hydrogen (secondary N) is 2. The number of methoxy groups -OCH3 is 1. The van der Waals surface area contributed by atoms with Crippen LogP contribution in [-0.4, -0.2) is 47.6 Å². The number of anilines is 1. The maximum atomic E-state index is 12.8. The molecule has 1 aromatic heterocycles. The van der Waals surface area contributed by atoms with Crippen LogP contribution in [0.2, 0.25) is 0 Å². The summed E-state index contributed by atoms with van der Waals surface area (Å²) in [5.74, 6) is -1.23. The molecule has 28 heavy (non-hydrogen) atoms. The lowest BCUT2D eigenvalue weighted by Gasteiger charge is -2.14. The smallest absolute Gasteiger partial charge is 0.336 e. The second kappa shape index (κ2) is 8.64. The van der Waals surface area contributed by atoms with Crippen LogP contribution in [0.15, 0.2) is 17.0 Å². The van der Waals surface area contributed by atoms with E-state index in [0.29, 0.717) is 12.0 Å². The number of halogens is 1. The largest absolute Gasteiger partial charge is 0.478 e. The summed E-state index contributed by atoms with van der Waals surface area (Å²) in [4.78, 5) is 34.7. The van der Waals surface area contributed by atoms with E-state index in [1.165, 1.54) is 26.2 Å². The standard InChI is InChI=1S/C15H16IN5O6S/c1-4-8-5-6-9(12(22)23)10(16)11(8)28(25,26)21-14(24)19-13-17-7(2)18-15(20-13)27-3/h5-6H,4H2,1-3H3,(H,22,23)(H2,17,18,19,20,21,24). The second-order valence-corrected chi connectivity index (χ2v) is 8.02. The van der Waals surface area contributed by atoms with E-state index in [1.807, 2.05) is 4.72 Å². The molecule has 0 aliphatic heterocycles. The Morgan fingerprint density at radius 2 is 1.93 bits per heavy atom. The first-order chi connectivity index (χ1) is 13.1. The number of carbonyl (C=O) groups excluding carboxylic acids is 1. The van der Waals surface area contributed by atoms with E-state index in [-0.39, 0.29) is 31.8 Å². The first-order valence-electron chi connectivity index (χ1n) is 7.74. The van der Waals surface area contributed by atoms with Crippen molar-refractivity contribution in [1.82, 2.24) is 19.7 Å². The molecule has 0 spiro atoms. The van der Waals surface area contributed by atoms with Gasteiger partial charge in [-0.25, -0.2) is 22.7 Å². The van der Waals surface area contributed by atoms with E-state index in [4.69, 9.17) is 4.74 Å². The number of urea groups is 1. The lowest BCUT2D eigenvalue weighted by Crippen LogP contribution is -2.36. The highest BCUT2D eigenvalue weighted by Crippen LogP contribution is 2.26. The highest BCUT2D eigenvalue weighted by molar-refractivity contribution is 14.1. The van der Waals surface area contributed by atoms with Gasteiger partial charge in [0.05, 0.1) is 12.7 Å². The zero-order chi connectivity index (χ0) is 21.1. The number of nitrogens with zero attached hydrogens (tertiary/aromatic N) is 3. The number of aromatic nitrogens is 3. The Kier molecular flexibility index (Phi) is 6.71. The molecule has 0 radical (unpaired) electrons. The van der Waals surface area contributed by atoms with Gasteiger partial charge >= 0.3 is 18.0 Å². The molecule has 2 amide bonds. The molecule has 0 unspecified atom stereocenters. The minimum Gasteiger partial charge on any atom is -0.478 e. The Morgan fingerprint density at radius 3 is 2.50 bits per heavy atom. The van der Waals surface area contributed by atoms with Crippen LogP contribution in [0, 0.1) is 10.5 Å². The zero-order valence-electron chi connectivity index (χ0n) is 15.0. The van der Waals surface area contributed by atoms with Gasteiger partial charge in [0.1, 0.15) is 10.7 Å². The molecular formula is C15H16IN5O6S. The van der Waals surface area contributed by atoms with Crippen LogP contribution in [0.5, 0.6) is 6.01 Å². The maximum absolute atomic E-state index is 12.8. The highest BCUT2D eigenvalue weighted by atomic mass is 127. The Morgan fingerprint density at radius 1 is 1.25 bits per heavy atom. The third kappa shape index (κ3) is 4.83. The maximum Gasteiger partial charge on any atom is 0.336 e. The van der Waals surface area contributed by atoms with E-state index in [2.05, 4.69) is 20.3 Å². The Labute approximate surface area is 174 Å². The first kappa shape index (κ1) is 21.7. The van der Waals surface area contributed by atoms with Gasteiger partial charge in [0.2, 0.25) is 5.95 Å². The van der Waals surface area contributed by atoms with Gasteiger partial charge in [-0.3, -0.25) is 5.32 Å². The molecule has 2 rings (SSSR count). The Hall–Kier alpha value is -2.55. The summed E-state index contributed by atoms with van der Waals surface area (Å²) in [6.45, 7) is 3.25. The van der Waals surface area contributed by atoms with E-state index in [9.17, 15) is 23.1 Å². The predicted molar refractivity (Wildman–Crippen MR) is 106 cm³/mol. The normalized spacial score (nSPS) is 11.0. The lowest BCUT2D eigenvalue weighted by molar-refractivity contribution is 0.0695. The number of sulfonamides is 1. The van der Waals surface area contributed by atoms with E-state index < -0.39 is 22.0 Å². The molecule has 0 aliphatic rings. The van der Waals surface area contributed by atoms with Gasteiger partial charge in [-0.05, 0) is 47.6 Å². The number of aryl methyl sites for hydroxylation is 2. The summed E-state index contributed by atoms with van der Waals surface area (Å²) in [5.41, 5.74) is 0.184. The molecule has 0 saturated carbocycles. The molecule has 0 atom stereocenters. The van der Waals surface area contributed by atoms with Crippen LogP contribution in [0.4, 0.5) is 10.7 Å². The number of ether oxygens (including phenoxy) is 1. The van der Waals surface area contributed by atoms with Gasteiger partial charge in [0.15, 0.2) is 0 Å². The molecule has 150 valence electrons. The average molecular weight is 521 g/mol. The predicted octanol–water partition coefficient (Wildman–Crippen LogP) is 1.56. The number of carboxylic acids is 1. The molecule has 0 fully saturated rings. The molecule has 1 aromatic carbocycles. The van der Waals surface area contributed by atoms with Crippen LogP contribution in [0.1, 0.15) is 28.7 Å².